The minimum Gasteiger partial charge on any atom is -0.371 e. The molecule has 3 amide bonds. The molecule has 1 aliphatic rings. The molecule has 3 aromatic rings. The number of nitriles is 1. The summed E-state index contributed by atoms with van der Waals surface area (Å²) < 4.78 is 0. The van der Waals surface area contributed by atoms with E-state index in [0.717, 1.165) is 37.2 Å². The van der Waals surface area contributed by atoms with E-state index in [0.29, 0.717) is 28.4 Å². The third-order valence-corrected chi connectivity index (χ3v) is 6.52. The highest BCUT2D eigenvalue weighted by Gasteiger charge is 2.23. The van der Waals surface area contributed by atoms with Gasteiger partial charge in [-0.25, -0.2) is 4.79 Å². The van der Waals surface area contributed by atoms with Gasteiger partial charge in [-0.05, 0) is 67.6 Å². The zero-order valence-electron chi connectivity index (χ0n) is 20.6. The summed E-state index contributed by atoms with van der Waals surface area (Å²) in [6.07, 6.45) is 2.15. The number of hydrogen-bond donors (Lipinski definition) is 3. The number of piperidine rings is 1. The lowest BCUT2D eigenvalue weighted by Gasteiger charge is -2.33. The van der Waals surface area contributed by atoms with Gasteiger partial charge in [0.15, 0.2) is 0 Å². The average Bonchev–Trinajstić information content (AvgIpc) is 2.89. The van der Waals surface area contributed by atoms with E-state index in [4.69, 9.17) is 5.26 Å². The summed E-state index contributed by atoms with van der Waals surface area (Å²) >= 11 is 0. The monoisotopic (exact) mass is 481 g/mol. The molecule has 3 aromatic carbocycles. The van der Waals surface area contributed by atoms with Gasteiger partial charge in [0.05, 0.1) is 23.2 Å². The van der Waals surface area contributed by atoms with E-state index in [1.165, 1.54) is 0 Å². The van der Waals surface area contributed by atoms with Crippen LogP contribution < -0.4 is 20.9 Å². The van der Waals surface area contributed by atoms with Crippen molar-refractivity contribution in [3.63, 3.8) is 0 Å². The van der Waals surface area contributed by atoms with Crippen LogP contribution in [0.3, 0.4) is 0 Å². The second kappa shape index (κ2) is 11.4. The lowest BCUT2D eigenvalue weighted by atomic mass is 9.97. The summed E-state index contributed by atoms with van der Waals surface area (Å²) in [5.41, 5.74) is 3.90. The van der Waals surface area contributed by atoms with Gasteiger partial charge in [0.1, 0.15) is 0 Å². The van der Waals surface area contributed by atoms with Crippen LogP contribution in [-0.4, -0.2) is 25.0 Å². The van der Waals surface area contributed by atoms with Crippen molar-refractivity contribution in [2.45, 2.75) is 32.7 Å². The van der Waals surface area contributed by atoms with E-state index in [1.807, 2.05) is 49.4 Å². The van der Waals surface area contributed by atoms with Crippen LogP contribution in [0.5, 0.6) is 0 Å². The Balaban J connectivity index is 1.55. The Hall–Kier alpha value is -4.31. The van der Waals surface area contributed by atoms with Crippen molar-refractivity contribution in [1.29, 1.82) is 5.26 Å². The molecule has 7 heteroatoms. The minimum absolute atomic E-state index is 0.166. The lowest BCUT2D eigenvalue weighted by molar-refractivity contribution is 0.0940. The highest BCUT2D eigenvalue weighted by atomic mass is 16.2. The second-order valence-corrected chi connectivity index (χ2v) is 9.28. The van der Waals surface area contributed by atoms with Crippen LogP contribution in [0.4, 0.5) is 21.9 Å². The number of hydrogen-bond acceptors (Lipinski definition) is 4. The maximum absolute atomic E-state index is 13.5. The number of benzene rings is 3. The molecular formula is C29H31N5O2. The summed E-state index contributed by atoms with van der Waals surface area (Å²) in [7, 11) is 0. The van der Waals surface area contributed by atoms with Gasteiger partial charge < -0.3 is 20.9 Å². The van der Waals surface area contributed by atoms with Crippen LogP contribution in [0.15, 0.2) is 72.8 Å². The summed E-state index contributed by atoms with van der Waals surface area (Å²) in [5, 5.41) is 17.7. The van der Waals surface area contributed by atoms with E-state index in [1.54, 1.807) is 30.3 Å². The number of carbonyl (C=O) groups is 2. The van der Waals surface area contributed by atoms with Gasteiger partial charge in [-0.1, -0.05) is 43.3 Å². The molecular weight excluding hydrogens is 450 g/mol. The fourth-order valence-corrected chi connectivity index (χ4v) is 4.38. The molecule has 1 fully saturated rings. The molecule has 1 aliphatic heterocycles. The first-order chi connectivity index (χ1) is 17.4. The molecule has 0 spiro atoms. The maximum atomic E-state index is 13.5. The molecule has 0 aromatic heterocycles. The van der Waals surface area contributed by atoms with Crippen LogP contribution in [0.2, 0.25) is 0 Å². The van der Waals surface area contributed by atoms with Crippen molar-refractivity contribution >= 4 is 29.0 Å². The van der Waals surface area contributed by atoms with Crippen molar-refractivity contribution in [2.24, 2.45) is 5.92 Å². The number of amides is 3. The van der Waals surface area contributed by atoms with Gasteiger partial charge in [0.25, 0.3) is 5.91 Å². The number of rotatable bonds is 6. The first-order valence-electron chi connectivity index (χ1n) is 12.3. The molecule has 1 heterocycles. The first kappa shape index (κ1) is 24.8. The smallest absolute Gasteiger partial charge is 0.323 e. The predicted octanol–water partition coefficient (Wildman–Crippen LogP) is 5.93. The zero-order chi connectivity index (χ0) is 25.5. The van der Waals surface area contributed by atoms with Crippen molar-refractivity contribution in [3.8, 4) is 6.07 Å². The summed E-state index contributed by atoms with van der Waals surface area (Å²) in [6, 6.07) is 23.4. The first-order valence-corrected chi connectivity index (χ1v) is 12.3. The van der Waals surface area contributed by atoms with Crippen LogP contribution in [-0.2, 0) is 0 Å². The van der Waals surface area contributed by atoms with Gasteiger partial charge in [0.2, 0.25) is 0 Å². The van der Waals surface area contributed by atoms with Crippen molar-refractivity contribution in [1.82, 2.24) is 5.32 Å². The molecule has 1 atom stereocenters. The summed E-state index contributed by atoms with van der Waals surface area (Å²) in [5.74, 6) is 0.478. The zero-order valence-corrected chi connectivity index (χ0v) is 20.6. The highest BCUT2D eigenvalue weighted by molar-refractivity contribution is 6.04. The third-order valence-electron chi connectivity index (χ3n) is 6.52. The van der Waals surface area contributed by atoms with Crippen LogP contribution >= 0.6 is 0 Å². The molecule has 36 heavy (non-hydrogen) atoms. The highest BCUT2D eigenvalue weighted by Crippen LogP contribution is 2.29. The van der Waals surface area contributed by atoms with E-state index >= 15 is 0 Å². The number of nitrogens with zero attached hydrogens (tertiary/aromatic N) is 2. The number of urea groups is 1. The molecule has 0 bridgehead atoms. The van der Waals surface area contributed by atoms with Gasteiger partial charge in [-0.15, -0.1) is 0 Å². The van der Waals surface area contributed by atoms with Gasteiger partial charge in [0, 0.05) is 30.2 Å². The number of carbonyl (C=O) groups excluding carboxylic acids is 2. The Labute approximate surface area is 212 Å². The van der Waals surface area contributed by atoms with Gasteiger partial charge in [-0.2, -0.15) is 5.26 Å². The normalized spacial score (nSPS) is 14.4. The van der Waals surface area contributed by atoms with Gasteiger partial charge in [-0.3, -0.25) is 4.79 Å². The maximum Gasteiger partial charge on any atom is 0.323 e. The van der Waals surface area contributed by atoms with Gasteiger partial charge >= 0.3 is 6.03 Å². The minimum atomic E-state index is -0.450. The SMILES string of the molecule is CC1CCN(c2ccc(NC(=O)Nc3cccc(C#N)c3)cc2C(=O)NC(C)c2ccccc2)CC1. The largest absolute Gasteiger partial charge is 0.371 e. The Bertz CT molecular complexity index is 1260. The van der Waals surface area contributed by atoms with E-state index in [-0.39, 0.29) is 11.9 Å². The molecule has 0 radical (unpaired) electrons. The van der Waals surface area contributed by atoms with Crippen LogP contribution in [0.1, 0.15) is 54.2 Å². The Morgan fingerprint density at radius 1 is 0.944 bits per heavy atom. The fourth-order valence-electron chi connectivity index (χ4n) is 4.38. The molecule has 7 nitrogen and oxygen atoms in total. The molecule has 0 aliphatic carbocycles. The van der Waals surface area contributed by atoms with Crippen LogP contribution in [0.25, 0.3) is 0 Å². The molecule has 184 valence electrons. The number of nitrogens with one attached hydrogen (secondary N) is 3. The molecule has 3 N–H and O–H groups in total. The summed E-state index contributed by atoms with van der Waals surface area (Å²) in [4.78, 5) is 28.3. The molecule has 4 rings (SSSR count). The van der Waals surface area contributed by atoms with E-state index in [2.05, 4.69) is 33.8 Å². The fraction of sp³-hybridized carbons (Fsp3) is 0.276. The van der Waals surface area contributed by atoms with Crippen LogP contribution in [0, 0.1) is 17.2 Å². The predicted molar refractivity (Wildman–Crippen MR) is 143 cm³/mol. The summed E-state index contributed by atoms with van der Waals surface area (Å²) in [6.45, 7) is 5.99. The van der Waals surface area contributed by atoms with Crippen molar-refractivity contribution < 1.29 is 9.59 Å². The Morgan fingerprint density at radius 3 is 2.33 bits per heavy atom. The third kappa shape index (κ3) is 6.22. The van der Waals surface area contributed by atoms with E-state index < -0.39 is 6.03 Å². The van der Waals surface area contributed by atoms with Crippen molar-refractivity contribution in [3.05, 3.63) is 89.5 Å². The Morgan fingerprint density at radius 2 is 1.64 bits per heavy atom. The lowest BCUT2D eigenvalue weighted by Crippen LogP contribution is -2.35. The molecule has 1 saturated heterocycles. The molecule has 0 saturated carbocycles. The number of anilines is 3. The van der Waals surface area contributed by atoms with Crippen molar-refractivity contribution in [2.75, 3.05) is 28.6 Å². The molecule has 1 unspecified atom stereocenters. The second-order valence-electron chi connectivity index (χ2n) is 9.28. The average molecular weight is 482 g/mol. The topological polar surface area (TPSA) is 97.3 Å². The standard InChI is InChI=1S/C29H31N5O2/c1-20-13-15-34(16-14-20)27-12-11-25(33-29(36)32-24-10-6-7-22(17-24)19-30)18-26(27)28(35)31-21(2)23-8-4-3-5-9-23/h3-12,17-18,20-21H,13-16H2,1-2H3,(H,31,35)(H2,32,33,36). The quantitative estimate of drug-likeness (QED) is 0.406. The Kier molecular flexibility index (Phi) is 7.86. The van der Waals surface area contributed by atoms with E-state index in [9.17, 15) is 9.59 Å².